The summed E-state index contributed by atoms with van der Waals surface area (Å²) in [5.74, 6) is 1.29. The molecule has 23 heavy (non-hydrogen) atoms. The quantitative estimate of drug-likeness (QED) is 0.432. The second-order valence-electron chi connectivity index (χ2n) is 4.48. The fourth-order valence-corrected chi connectivity index (χ4v) is 3.82. The third-order valence-electron chi connectivity index (χ3n) is 2.81. The van der Waals surface area contributed by atoms with E-state index in [2.05, 4.69) is 15.6 Å². The second-order valence-corrected chi connectivity index (χ2v) is 7.20. The first kappa shape index (κ1) is 17.9. The van der Waals surface area contributed by atoms with E-state index in [4.69, 9.17) is 11.6 Å². The Balaban J connectivity index is 1.66. The Morgan fingerprint density at radius 1 is 1.48 bits per heavy atom. The van der Waals surface area contributed by atoms with E-state index in [0.717, 1.165) is 16.7 Å². The van der Waals surface area contributed by atoms with Crippen LogP contribution in [0.5, 0.6) is 0 Å². The summed E-state index contributed by atoms with van der Waals surface area (Å²) in [6.45, 7) is 1.74. The molecule has 0 fully saturated rings. The first-order valence-corrected chi connectivity index (χ1v) is 9.16. The summed E-state index contributed by atoms with van der Waals surface area (Å²) >= 11 is 9.09. The lowest BCUT2D eigenvalue weighted by atomic mass is 10.3. The van der Waals surface area contributed by atoms with Gasteiger partial charge < -0.3 is 10.6 Å². The molecule has 1 aliphatic heterocycles. The molecule has 0 saturated carbocycles. The molecular weight excluding hydrogens is 360 g/mol. The molecule has 0 spiro atoms. The van der Waals surface area contributed by atoms with Gasteiger partial charge in [-0.05, 0) is 6.07 Å². The molecule has 0 radical (unpaired) electrons. The lowest BCUT2D eigenvalue weighted by molar-refractivity contribution is -0.384. The number of aliphatic imine (C=N–C) groups is 1. The average Bonchev–Trinajstić information content (AvgIpc) is 3.04. The molecule has 0 unspecified atom stereocenters. The molecule has 7 nitrogen and oxygen atoms in total. The maximum Gasteiger partial charge on any atom is 0.271 e. The van der Waals surface area contributed by atoms with E-state index in [0.29, 0.717) is 24.5 Å². The van der Waals surface area contributed by atoms with Crippen LogP contribution in [-0.2, 0) is 4.79 Å². The summed E-state index contributed by atoms with van der Waals surface area (Å²) in [6, 6.07) is 4.22. The maximum atomic E-state index is 11.7. The van der Waals surface area contributed by atoms with Gasteiger partial charge in [-0.1, -0.05) is 35.1 Å². The van der Waals surface area contributed by atoms with E-state index in [-0.39, 0.29) is 16.6 Å². The molecular formula is C13H15ClN4O3S2. The molecule has 1 amide bonds. The summed E-state index contributed by atoms with van der Waals surface area (Å²) in [5, 5.41) is 16.7. The Hall–Kier alpha value is -1.45. The van der Waals surface area contributed by atoms with Crippen molar-refractivity contribution in [2.24, 2.45) is 4.99 Å². The highest BCUT2D eigenvalue weighted by Crippen LogP contribution is 2.26. The number of carbonyl (C=O) groups is 1. The van der Waals surface area contributed by atoms with Crippen molar-refractivity contribution in [2.75, 3.05) is 36.5 Å². The van der Waals surface area contributed by atoms with Gasteiger partial charge in [0.05, 0.1) is 27.9 Å². The number of carbonyl (C=O) groups excluding carboxylic acids is 1. The molecule has 0 aromatic heterocycles. The Morgan fingerprint density at radius 3 is 2.96 bits per heavy atom. The van der Waals surface area contributed by atoms with Gasteiger partial charge in [-0.15, -0.1) is 0 Å². The molecule has 0 saturated heterocycles. The van der Waals surface area contributed by atoms with Crippen molar-refractivity contribution in [3.63, 3.8) is 0 Å². The van der Waals surface area contributed by atoms with Gasteiger partial charge in [-0.3, -0.25) is 19.9 Å². The van der Waals surface area contributed by atoms with Crippen LogP contribution in [0.2, 0.25) is 5.02 Å². The van der Waals surface area contributed by atoms with Crippen molar-refractivity contribution in [1.82, 2.24) is 5.32 Å². The molecule has 0 aliphatic carbocycles. The van der Waals surface area contributed by atoms with Gasteiger partial charge in [0.2, 0.25) is 5.91 Å². The van der Waals surface area contributed by atoms with Crippen LogP contribution in [0.25, 0.3) is 0 Å². The highest BCUT2D eigenvalue weighted by atomic mass is 35.5. The minimum atomic E-state index is -0.500. The molecule has 10 heteroatoms. The lowest BCUT2D eigenvalue weighted by Gasteiger charge is -2.09. The fraction of sp³-hybridized carbons (Fsp3) is 0.385. The number of nitro groups is 1. The SMILES string of the molecule is O=C(CSC1=NCCS1)NCCNc1ccc([N+](=O)[O-])cc1Cl. The van der Waals surface area contributed by atoms with E-state index in [1.807, 2.05) is 0 Å². The standard InChI is InChI=1S/C13H15ClN4O3S2/c14-10-7-9(18(20)21)1-2-11(10)15-3-4-16-12(19)8-23-13-17-5-6-22-13/h1-2,7,15H,3-6,8H2,(H,16,19). The van der Waals surface area contributed by atoms with Gasteiger partial charge in [0.1, 0.15) is 4.38 Å². The highest BCUT2D eigenvalue weighted by Gasteiger charge is 2.11. The van der Waals surface area contributed by atoms with Crippen molar-refractivity contribution in [1.29, 1.82) is 0 Å². The summed E-state index contributed by atoms with van der Waals surface area (Å²) in [6.07, 6.45) is 0. The third kappa shape index (κ3) is 5.92. The smallest absolute Gasteiger partial charge is 0.271 e. The van der Waals surface area contributed by atoms with Crippen molar-refractivity contribution in [2.45, 2.75) is 0 Å². The van der Waals surface area contributed by atoms with Crippen LogP contribution in [0.4, 0.5) is 11.4 Å². The fourth-order valence-electron chi connectivity index (χ4n) is 1.74. The number of nitrogens with one attached hydrogen (secondary N) is 2. The normalized spacial score (nSPS) is 13.5. The number of nitrogens with zero attached hydrogens (tertiary/aromatic N) is 2. The lowest BCUT2D eigenvalue weighted by Crippen LogP contribution is -2.30. The molecule has 1 heterocycles. The van der Waals surface area contributed by atoms with Gasteiger partial charge >= 0.3 is 0 Å². The monoisotopic (exact) mass is 374 g/mol. The van der Waals surface area contributed by atoms with Gasteiger partial charge in [-0.25, -0.2) is 0 Å². The van der Waals surface area contributed by atoms with Crippen LogP contribution >= 0.6 is 35.1 Å². The number of thioether (sulfide) groups is 2. The number of nitro benzene ring substituents is 1. The number of halogens is 1. The van der Waals surface area contributed by atoms with Crippen LogP contribution < -0.4 is 10.6 Å². The van der Waals surface area contributed by atoms with E-state index in [1.54, 1.807) is 17.8 Å². The average molecular weight is 375 g/mol. The van der Waals surface area contributed by atoms with Crippen molar-refractivity contribution < 1.29 is 9.72 Å². The molecule has 2 rings (SSSR count). The molecule has 1 aliphatic rings. The van der Waals surface area contributed by atoms with Crippen LogP contribution in [-0.4, -0.2) is 46.3 Å². The van der Waals surface area contributed by atoms with Crippen LogP contribution in [0, 0.1) is 10.1 Å². The number of anilines is 1. The molecule has 124 valence electrons. The zero-order valence-electron chi connectivity index (χ0n) is 12.1. The molecule has 1 aromatic rings. The van der Waals surface area contributed by atoms with Gasteiger partial charge in [0.25, 0.3) is 5.69 Å². The summed E-state index contributed by atoms with van der Waals surface area (Å²) < 4.78 is 0.968. The summed E-state index contributed by atoms with van der Waals surface area (Å²) in [5.41, 5.74) is 0.538. The first-order chi connectivity index (χ1) is 11.1. The number of hydrogen-bond acceptors (Lipinski definition) is 7. The number of benzene rings is 1. The largest absolute Gasteiger partial charge is 0.382 e. The first-order valence-electron chi connectivity index (χ1n) is 6.81. The minimum Gasteiger partial charge on any atom is -0.382 e. The maximum absolute atomic E-state index is 11.7. The predicted octanol–water partition coefficient (Wildman–Crippen LogP) is 2.61. The van der Waals surface area contributed by atoms with Crippen LogP contribution in [0.1, 0.15) is 0 Å². The minimum absolute atomic E-state index is 0.0539. The van der Waals surface area contributed by atoms with E-state index >= 15 is 0 Å². The Morgan fingerprint density at radius 2 is 2.30 bits per heavy atom. The second kappa shape index (κ2) is 8.99. The van der Waals surface area contributed by atoms with Crippen molar-refractivity contribution in [3.8, 4) is 0 Å². The number of amides is 1. The number of hydrogen-bond donors (Lipinski definition) is 2. The van der Waals surface area contributed by atoms with Crippen molar-refractivity contribution >= 4 is 56.8 Å². The van der Waals surface area contributed by atoms with Crippen LogP contribution in [0.3, 0.4) is 0 Å². The summed E-state index contributed by atoms with van der Waals surface area (Å²) in [7, 11) is 0. The Kier molecular flexibility index (Phi) is 7.00. The van der Waals surface area contributed by atoms with Gasteiger partial charge in [-0.2, -0.15) is 0 Å². The molecule has 2 N–H and O–H groups in total. The zero-order chi connectivity index (χ0) is 16.7. The van der Waals surface area contributed by atoms with E-state index in [9.17, 15) is 14.9 Å². The molecule has 1 aromatic carbocycles. The molecule has 0 atom stereocenters. The topological polar surface area (TPSA) is 96.6 Å². The summed E-state index contributed by atoms with van der Waals surface area (Å²) in [4.78, 5) is 26.1. The van der Waals surface area contributed by atoms with Crippen LogP contribution in [0.15, 0.2) is 23.2 Å². The van der Waals surface area contributed by atoms with E-state index < -0.39 is 4.92 Å². The predicted molar refractivity (Wildman–Crippen MR) is 96.8 cm³/mol. The van der Waals surface area contributed by atoms with E-state index in [1.165, 1.54) is 23.9 Å². The Labute approximate surface area is 146 Å². The van der Waals surface area contributed by atoms with Gasteiger partial charge in [0, 0.05) is 31.0 Å². The highest BCUT2D eigenvalue weighted by molar-refractivity contribution is 8.39. The van der Waals surface area contributed by atoms with Crippen molar-refractivity contribution in [3.05, 3.63) is 33.3 Å². The number of non-ortho nitro benzene ring substituents is 1. The number of rotatable bonds is 7. The Bertz CT molecular complexity index is 627. The molecule has 0 bridgehead atoms. The third-order valence-corrected chi connectivity index (χ3v) is 5.38. The van der Waals surface area contributed by atoms with Gasteiger partial charge in [0.15, 0.2) is 0 Å². The zero-order valence-corrected chi connectivity index (χ0v) is 14.5.